The Bertz CT molecular complexity index is 486. The quantitative estimate of drug-likeness (QED) is 0.801. The molecule has 2 heterocycles. The first-order valence-corrected chi connectivity index (χ1v) is 7.23. The zero-order valence-electron chi connectivity index (χ0n) is 10.9. The van der Waals surface area contributed by atoms with E-state index >= 15 is 0 Å². The lowest BCUT2D eigenvalue weighted by atomic mass is 10.1. The Morgan fingerprint density at radius 1 is 1.26 bits per heavy atom. The summed E-state index contributed by atoms with van der Waals surface area (Å²) in [5.74, 6) is 1.55. The predicted molar refractivity (Wildman–Crippen MR) is 72.5 cm³/mol. The number of carbonyl (C=O) groups is 1. The molecule has 2 aliphatic carbocycles. The molecule has 0 atom stereocenters. The van der Waals surface area contributed by atoms with Crippen LogP contribution in [0.15, 0.2) is 35.8 Å². The number of hydrogen-bond acceptors (Lipinski definition) is 3. The smallest absolute Gasteiger partial charge is 0.269 e. The molecule has 100 valence electrons. The maximum absolute atomic E-state index is 12.5. The van der Waals surface area contributed by atoms with Gasteiger partial charge >= 0.3 is 0 Å². The van der Waals surface area contributed by atoms with Gasteiger partial charge in [-0.25, -0.2) is 0 Å². The molecule has 0 spiro atoms. The van der Waals surface area contributed by atoms with Gasteiger partial charge in [0, 0.05) is 12.2 Å². The van der Waals surface area contributed by atoms with Gasteiger partial charge in [0.05, 0.1) is 12.4 Å². The maximum Gasteiger partial charge on any atom is 0.269 e. The van der Waals surface area contributed by atoms with Crippen LogP contribution < -0.4 is 10.6 Å². The van der Waals surface area contributed by atoms with Crippen molar-refractivity contribution < 1.29 is 4.79 Å². The summed E-state index contributed by atoms with van der Waals surface area (Å²) >= 11 is 0. The fourth-order valence-corrected chi connectivity index (χ4v) is 3.05. The number of fused-ring (bicyclic) bond motifs is 1. The molecule has 4 heteroatoms. The fourth-order valence-electron chi connectivity index (χ4n) is 3.05. The molecule has 19 heavy (non-hydrogen) atoms. The van der Waals surface area contributed by atoms with E-state index in [-0.39, 0.29) is 5.91 Å². The second kappa shape index (κ2) is 4.15. The highest BCUT2D eigenvalue weighted by Gasteiger charge is 2.42. The van der Waals surface area contributed by atoms with E-state index in [2.05, 4.69) is 15.5 Å². The molecular weight excluding hydrogens is 238 g/mol. The molecule has 2 fully saturated rings. The first kappa shape index (κ1) is 11.1. The summed E-state index contributed by atoms with van der Waals surface area (Å²) in [6.07, 6.45) is 13.1. The van der Waals surface area contributed by atoms with Crippen LogP contribution in [0.4, 0.5) is 0 Å². The summed E-state index contributed by atoms with van der Waals surface area (Å²) in [4.78, 5) is 14.5. The average Bonchev–Trinajstić information content (AvgIpc) is 3.32. The van der Waals surface area contributed by atoms with Crippen LogP contribution in [0.2, 0.25) is 0 Å². The Hall–Kier alpha value is -1.71. The van der Waals surface area contributed by atoms with Crippen molar-refractivity contribution in [3.63, 3.8) is 0 Å². The van der Waals surface area contributed by atoms with Crippen molar-refractivity contribution in [2.45, 2.75) is 31.7 Å². The topological polar surface area (TPSA) is 44.4 Å². The number of nitrogens with zero attached hydrogens (tertiary/aromatic N) is 1. The lowest BCUT2D eigenvalue weighted by Crippen LogP contribution is -2.41. The molecule has 0 radical (unpaired) electrons. The minimum Gasteiger partial charge on any atom is -0.361 e. The predicted octanol–water partition coefficient (Wildman–Crippen LogP) is 1.45. The van der Waals surface area contributed by atoms with Gasteiger partial charge in [-0.2, -0.15) is 0 Å². The van der Waals surface area contributed by atoms with E-state index in [0.717, 1.165) is 23.2 Å². The Kier molecular flexibility index (Phi) is 2.43. The summed E-state index contributed by atoms with van der Waals surface area (Å²) in [6, 6.07) is 0.416. The van der Waals surface area contributed by atoms with E-state index in [4.69, 9.17) is 0 Å². The molecular formula is C15H19N3O. The van der Waals surface area contributed by atoms with Gasteiger partial charge in [0.1, 0.15) is 5.70 Å². The fraction of sp³-hybridized carbons (Fsp3) is 0.533. The monoisotopic (exact) mass is 257 g/mol. The van der Waals surface area contributed by atoms with E-state index in [9.17, 15) is 4.79 Å². The summed E-state index contributed by atoms with van der Waals surface area (Å²) in [5, 5.41) is 6.49. The standard InChI is InChI=1S/C15H19N3O/c19-15(17-13(10-4-5-10)11-6-7-11)14-12-3-1-2-8-18(12)9-16-14/h1-3,8,10-11,13,16H,4-7,9H2,(H,17,19). The minimum atomic E-state index is 0.0706. The summed E-state index contributed by atoms with van der Waals surface area (Å²) < 4.78 is 0. The van der Waals surface area contributed by atoms with Gasteiger partial charge < -0.3 is 15.5 Å². The van der Waals surface area contributed by atoms with Crippen LogP contribution in [0.25, 0.3) is 0 Å². The summed E-state index contributed by atoms with van der Waals surface area (Å²) in [6.45, 7) is 0.691. The third-order valence-electron chi connectivity index (χ3n) is 4.41. The van der Waals surface area contributed by atoms with Crippen molar-refractivity contribution >= 4 is 5.91 Å². The Morgan fingerprint density at radius 3 is 2.68 bits per heavy atom. The number of allylic oxidation sites excluding steroid dienone is 3. The number of hydrogen-bond donors (Lipinski definition) is 2. The van der Waals surface area contributed by atoms with Gasteiger partial charge in [0.15, 0.2) is 0 Å². The van der Waals surface area contributed by atoms with E-state index in [1.165, 1.54) is 25.7 Å². The van der Waals surface area contributed by atoms with Gasteiger partial charge in [-0.05, 0) is 49.7 Å². The van der Waals surface area contributed by atoms with Crippen molar-refractivity contribution in [2.75, 3.05) is 6.67 Å². The van der Waals surface area contributed by atoms with E-state index in [0.29, 0.717) is 12.7 Å². The van der Waals surface area contributed by atoms with E-state index < -0.39 is 0 Å². The second-order valence-corrected chi connectivity index (χ2v) is 5.94. The zero-order valence-corrected chi connectivity index (χ0v) is 10.9. The second-order valence-electron chi connectivity index (χ2n) is 5.94. The van der Waals surface area contributed by atoms with Crippen LogP contribution in [0.1, 0.15) is 25.7 Å². The normalized spacial score (nSPS) is 24.8. The van der Waals surface area contributed by atoms with Gasteiger partial charge in [-0.3, -0.25) is 4.79 Å². The number of carbonyl (C=O) groups excluding carboxylic acids is 1. The first-order valence-electron chi connectivity index (χ1n) is 7.23. The highest BCUT2D eigenvalue weighted by Crippen LogP contribution is 2.44. The lowest BCUT2D eigenvalue weighted by Gasteiger charge is -2.18. The largest absolute Gasteiger partial charge is 0.361 e. The van der Waals surface area contributed by atoms with Crippen LogP contribution in [0, 0.1) is 11.8 Å². The van der Waals surface area contributed by atoms with E-state index in [1.807, 2.05) is 24.4 Å². The van der Waals surface area contributed by atoms with Crippen LogP contribution in [-0.4, -0.2) is 23.5 Å². The Balaban J connectivity index is 1.51. The van der Waals surface area contributed by atoms with Crippen molar-refractivity contribution in [2.24, 2.45) is 11.8 Å². The molecule has 4 rings (SSSR count). The molecule has 4 aliphatic rings. The SMILES string of the molecule is O=C(NC(C1CC1)C1CC1)C1=C2C=CC=CN2CN1. The molecule has 0 unspecified atom stereocenters. The van der Waals surface area contributed by atoms with E-state index in [1.54, 1.807) is 0 Å². The summed E-state index contributed by atoms with van der Waals surface area (Å²) in [7, 11) is 0. The van der Waals surface area contributed by atoms with Crippen LogP contribution in [0.5, 0.6) is 0 Å². The van der Waals surface area contributed by atoms with Gasteiger partial charge in [0.2, 0.25) is 0 Å². The molecule has 0 aromatic rings. The first-order chi connectivity index (χ1) is 9.33. The molecule has 2 aliphatic heterocycles. The number of nitrogens with one attached hydrogen (secondary N) is 2. The average molecular weight is 257 g/mol. The Labute approximate surface area is 113 Å². The molecule has 0 saturated heterocycles. The van der Waals surface area contributed by atoms with Crippen molar-refractivity contribution in [3.8, 4) is 0 Å². The zero-order chi connectivity index (χ0) is 12.8. The molecule has 0 aromatic heterocycles. The lowest BCUT2D eigenvalue weighted by molar-refractivity contribution is -0.118. The van der Waals surface area contributed by atoms with Crippen molar-refractivity contribution in [1.82, 2.24) is 15.5 Å². The van der Waals surface area contributed by atoms with Crippen molar-refractivity contribution in [3.05, 3.63) is 35.8 Å². The molecule has 1 amide bonds. The third-order valence-corrected chi connectivity index (χ3v) is 4.41. The highest BCUT2D eigenvalue weighted by atomic mass is 16.2. The number of amides is 1. The maximum atomic E-state index is 12.5. The Morgan fingerprint density at radius 2 is 2.00 bits per heavy atom. The molecule has 0 aromatic carbocycles. The molecule has 0 bridgehead atoms. The molecule has 2 saturated carbocycles. The van der Waals surface area contributed by atoms with Crippen molar-refractivity contribution in [1.29, 1.82) is 0 Å². The minimum absolute atomic E-state index is 0.0706. The van der Waals surface area contributed by atoms with Crippen LogP contribution >= 0.6 is 0 Å². The highest BCUT2D eigenvalue weighted by molar-refractivity contribution is 5.94. The number of rotatable bonds is 4. The van der Waals surface area contributed by atoms with Gasteiger partial charge in [0.25, 0.3) is 5.91 Å². The molecule has 2 N–H and O–H groups in total. The van der Waals surface area contributed by atoms with Gasteiger partial charge in [-0.15, -0.1) is 0 Å². The summed E-state index contributed by atoms with van der Waals surface area (Å²) in [5.41, 5.74) is 1.72. The van der Waals surface area contributed by atoms with Crippen LogP contribution in [0.3, 0.4) is 0 Å². The van der Waals surface area contributed by atoms with Crippen LogP contribution in [-0.2, 0) is 4.79 Å². The molecule has 4 nitrogen and oxygen atoms in total. The third kappa shape index (κ3) is 2.05. The van der Waals surface area contributed by atoms with Gasteiger partial charge in [-0.1, -0.05) is 6.08 Å².